The summed E-state index contributed by atoms with van der Waals surface area (Å²) in [7, 11) is -2.43. The molecule has 25 heavy (non-hydrogen) atoms. The molecule has 8 nitrogen and oxygen atoms in total. The third-order valence-corrected chi connectivity index (χ3v) is 4.76. The summed E-state index contributed by atoms with van der Waals surface area (Å²) in [4.78, 5) is 18.6. The summed E-state index contributed by atoms with van der Waals surface area (Å²) < 4.78 is 28.4. The SMILES string of the molecule is COCCCc1ccc2[nH]c3c(C(N)=O)nc(S(N)(=O)=O)cc3c2c1. The van der Waals surface area contributed by atoms with Crippen LogP contribution in [0.15, 0.2) is 29.3 Å². The molecule has 2 heterocycles. The van der Waals surface area contributed by atoms with E-state index < -0.39 is 15.9 Å². The Labute approximate surface area is 144 Å². The van der Waals surface area contributed by atoms with Gasteiger partial charge in [-0.3, -0.25) is 4.79 Å². The van der Waals surface area contributed by atoms with E-state index in [9.17, 15) is 13.2 Å². The fraction of sp³-hybridized carbons (Fsp3) is 0.250. The van der Waals surface area contributed by atoms with E-state index >= 15 is 0 Å². The highest BCUT2D eigenvalue weighted by atomic mass is 32.2. The number of nitrogens with one attached hydrogen (secondary N) is 1. The number of nitrogens with zero attached hydrogens (tertiary/aromatic N) is 1. The molecule has 0 fully saturated rings. The number of rotatable bonds is 6. The minimum Gasteiger partial charge on any atom is -0.385 e. The van der Waals surface area contributed by atoms with Crippen LogP contribution in [0.25, 0.3) is 21.8 Å². The molecule has 1 amide bonds. The van der Waals surface area contributed by atoms with Crippen molar-refractivity contribution < 1.29 is 17.9 Å². The van der Waals surface area contributed by atoms with Crippen LogP contribution in [0.2, 0.25) is 0 Å². The monoisotopic (exact) mass is 362 g/mol. The van der Waals surface area contributed by atoms with Crippen molar-refractivity contribution in [1.82, 2.24) is 9.97 Å². The molecule has 0 unspecified atom stereocenters. The fourth-order valence-electron chi connectivity index (χ4n) is 2.82. The Balaban J connectivity index is 2.25. The molecule has 132 valence electrons. The highest BCUT2D eigenvalue weighted by Gasteiger charge is 2.20. The van der Waals surface area contributed by atoms with Crippen LogP contribution < -0.4 is 10.9 Å². The highest BCUT2D eigenvalue weighted by molar-refractivity contribution is 7.89. The molecule has 9 heteroatoms. The Hall–Kier alpha value is -2.49. The first-order valence-electron chi connectivity index (χ1n) is 7.58. The average Bonchev–Trinajstić information content (AvgIpc) is 2.91. The second-order valence-electron chi connectivity index (χ2n) is 5.74. The number of sulfonamides is 1. The Morgan fingerprint density at radius 2 is 2.04 bits per heavy atom. The second-order valence-corrected chi connectivity index (χ2v) is 7.25. The summed E-state index contributed by atoms with van der Waals surface area (Å²) in [6.07, 6.45) is 1.67. The lowest BCUT2D eigenvalue weighted by molar-refractivity contribution is 0.0996. The van der Waals surface area contributed by atoms with Gasteiger partial charge < -0.3 is 15.5 Å². The van der Waals surface area contributed by atoms with Crippen molar-refractivity contribution in [2.45, 2.75) is 17.9 Å². The molecular weight excluding hydrogens is 344 g/mol. The number of H-pyrrole nitrogens is 1. The number of carbonyl (C=O) groups is 1. The summed E-state index contributed by atoms with van der Waals surface area (Å²) in [5.41, 5.74) is 7.41. The van der Waals surface area contributed by atoms with Crippen molar-refractivity contribution in [2.75, 3.05) is 13.7 Å². The zero-order chi connectivity index (χ0) is 18.2. The number of hydrogen-bond acceptors (Lipinski definition) is 5. The number of ether oxygens (including phenoxy) is 1. The Bertz CT molecular complexity index is 1070. The first-order valence-corrected chi connectivity index (χ1v) is 9.13. The van der Waals surface area contributed by atoms with Crippen LogP contribution in [-0.4, -0.2) is 38.0 Å². The topological polar surface area (TPSA) is 141 Å². The number of carbonyl (C=O) groups excluding carboxylic acids is 1. The van der Waals surface area contributed by atoms with Gasteiger partial charge in [0.2, 0.25) is 0 Å². The van der Waals surface area contributed by atoms with Gasteiger partial charge in [0.25, 0.3) is 15.9 Å². The predicted molar refractivity (Wildman–Crippen MR) is 93.7 cm³/mol. The van der Waals surface area contributed by atoms with Crippen LogP contribution >= 0.6 is 0 Å². The quantitative estimate of drug-likeness (QED) is 0.562. The second kappa shape index (κ2) is 6.43. The van der Waals surface area contributed by atoms with E-state index in [1.807, 2.05) is 18.2 Å². The molecule has 0 aliphatic rings. The molecule has 0 saturated heterocycles. The molecule has 0 saturated carbocycles. The summed E-state index contributed by atoms with van der Waals surface area (Å²) in [6, 6.07) is 7.14. The lowest BCUT2D eigenvalue weighted by Crippen LogP contribution is -2.19. The molecule has 0 bridgehead atoms. The van der Waals surface area contributed by atoms with Gasteiger partial charge in [-0.25, -0.2) is 18.5 Å². The van der Waals surface area contributed by atoms with E-state index in [1.165, 1.54) is 6.07 Å². The number of aromatic amines is 1. The standard InChI is InChI=1S/C16H18N4O4S/c1-24-6-2-3-9-4-5-12-10(7-9)11-8-13(25(18,22)23)20-15(16(17)21)14(11)19-12/h4-5,7-8,19H,2-3,6H2,1H3,(H2,17,21)(H2,18,22,23). The van der Waals surface area contributed by atoms with Crippen LogP contribution in [0, 0.1) is 0 Å². The van der Waals surface area contributed by atoms with E-state index in [4.69, 9.17) is 15.6 Å². The number of hydrogen-bond donors (Lipinski definition) is 3. The molecule has 0 radical (unpaired) electrons. The number of nitrogens with two attached hydrogens (primary N) is 2. The van der Waals surface area contributed by atoms with Gasteiger partial charge in [-0.1, -0.05) is 6.07 Å². The van der Waals surface area contributed by atoms with Crippen molar-refractivity contribution in [3.63, 3.8) is 0 Å². The van der Waals surface area contributed by atoms with Gasteiger partial charge in [-0.05, 0) is 36.6 Å². The zero-order valence-corrected chi connectivity index (χ0v) is 14.4. The van der Waals surface area contributed by atoms with Crippen molar-refractivity contribution in [3.8, 4) is 0 Å². The summed E-state index contributed by atoms with van der Waals surface area (Å²) in [5.74, 6) is -0.831. The lowest BCUT2D eigenvalue weighted by atomic mass is 10.1. The van der Waals surface area contributed by atoms with Gasteiger partial charge >= 0.3 is 0 Å². The third-order valence-electron chi connectivity index (χ3n) is 3.97. The van der Waals surface area contributed by atoms with Crippen LogP contribution in [0.5, 0.6) is 0 Å². The number of fused-ring (bicyclic) bond motifs is 3. The maximum Gasteiger partial charge on any atom is 0.269 e. The van der Waals surface area contributed by atoms with Gasteiger partial charge in [0, 0.05) is 30.0 Å². The largest absolute Gasteiger partial charge is 0.385 e. The smallest absolute Gasteiger partial charge is 0.269 e. The lowest BCUT2D eigenvalue weighted by Gasteiger charge is -2.03. The van der Waals surface area contributed by atoms with E-state index in [-0.39, 0.29) is 10.7 Å². The van der Waals surface area contributed by atoms with Crippen molar-refractivity contribution >= 4 is 37.7 Å². The Morgan fingerprint density at radius 3 is 2.68 bits per heavy atom. The van der Waals surface area contributed by atoms with Crippen LogP contribution in [-0.2, 0) is 21.2 Å². The van der Waals surface area contributed by atoms with Gasteiger partial charge in [0.15, 0.2) is 10.7 Å². The highest BCUT2D eigenvalue weighted by Crippen LogP contribution is 2.29. The van der Waals surface area contributed by atoms with Crippen LogP contribution in [0.3, 0.4) is 0 Å². The first-order chi connectivity index (χ1) is 11.8. The molecule has 0 atom stereocenters. The van der Waals surface area contributed by atoms with Gasteiger partial charge in [-0.2, -0.15) is 0 Å². The summed E-state index contributed by atoms with van der Waals surface area (Å²) >= 11 is 0. The van der Waals surface area contributed by atoms with E-state index in [2.05, 4.69) is 9.97 Å². The Morgan fingerprint density at radius 1 is 1.28 bits per heavy atom. The van der Waals surface area contributed by atoms with Crippen molar-refractivity contribution in [3.05, 3.63) is 35.5 Å². The number of amides is 1. The van der Waals surface area contributed by atoms with Gasteiger partial charge in [0.05, 0.1) is 5.52 Å². The van der Waals surface area contributed by atoms with Gasteiger partial charge in [-0.15, -0.1) is 0 Å². The van der Waals surface area contributed by atoms with Crippen LogP contribution in [0.1, 0.15) is 22.5 Å². The molecule has 3 aromatic rings. The van der Waals surface area contributed by atoms with Crippen molar-refractivity contribution in [1.29, 1.82) is 0 Å². The summed E-state index contributed by atoms with van der Waals surface area (Å²) in [6.45, 7) is 0.650. The van der Waals surface area contributed by atoms with E-state index in [0.29, 0.717) is 17.5 Å². The third kappa shape index (κ3) is 3.34. The number of primary amides is 1. The van der Waals surface area contributed by atoms with E-state index in [0.717, 1.165) is 29.3 Å². The minimum absolute atomic E-state index is 0.154. The predicted octanol–water partition coefficient (Wildman–Crippen LogP) is 1.04. The number of benzene rings is 1. The minimum atomic E-state index is -4.07. The molecule has 2 aromatic heterocycles. The molecule has 3 rings (SSSR count). The molecule has 0 spiro atoms. The molecule has 0 aliphatic carbocycles. The number of primary sulfonamides is 1. The average molecular weight is 362 g/mol. The van der Waals surface area contributed by atoms with Gasteiger partial charge in [0.1, 0.15) is 0 Å². The number of aryl methyl sites for hydroxylation is 1. The molecular formula is C16H18N4O4S. The zero-order valence-electron chi connectivity index (χ0n) is 13.6. The van der Waals surface area contributed by atoms with E-state index in [1.54, 1.807) is 7.11 Å². The maximum atomic E-state index is 11.7. The summed E-state index contributed by atoms with van der Waals surface area (Å²) in [5, 5.41) is 6.10. The first kappa shape index (κ1) is 17.3. The normalized spacial score (nSPS) is 12.1. The number of aromatic nitrogens is 2. The Kier molecular flexibility index (Phi) is 4.46. The van der Waals surface area contributed by atoms with Crippen molar-refractivity contribution in [2.24, 2.45) is 10.9 Å². The molecule has 1 aromatic carbocycles. The maximum absolute atomic E-state index is 11.7. The molecule has 5 N–H and O–H groups in total. The van der Waals surface area contributed by atoms with Crippen LogP contribution in [0.4, 0.5) is 0 Å². The number of pyridine rings is 1. The fourth-order valence-corrected chi connectivity index (χ4v) is 3.32. The molecule has 0 aliphatic heterocycles. The number of methoxy groups -OCH3 is 1.